The predicted octanol–water partition coefficient (Wildman–Crippen LogP) is 11.4. The van der Waals surface area contributed by atoms with Gasteiger partial charge in [-0.3, -0.25) is 0 Å². The van der Waals surface area contributed by atoms with Gasteiger partial charge in [-0.05, 0) is 54.6 Å². The fraction of sp³-hybridized carbons (Fsp3) is 0. The van der Waals surface area contributed by atoms with E-state index in [-0.39, 0.29) is 0 Å². The van der Waals surface area contributed by atoms with E-state index in [4.69, 9.17) is 9.72 Å². The van der Waals surface area contributed by atoms with Gasteiger partial charge in [0.2, 0.25) is 5.88 Å². The van der Waals surface area contributed by atoms with Crippen LogP contribution in [-0.2, 0) is 0 Å². The van der Waals surface area contributed by atoms with Crippen LogP contribution in [-0.4, -0.2) is 14.1 Å². The fourth-order valence-electron chi connectivity index (χ4n) is 7.06. The Balaban J connectivity index is 1.09. The number of nitrogens with zero attached hydrogens (tertiary/aromatic N) is 3. The average Bonchev–Trinajstić information content (AvgIpc) is 3.77. The molecule has 0 aliphatic rings. The summed E-state index contributed by atoms with van der Waals surface area (Å²) in [5, 5.41) is 7.39. The maximum absolute atomic E-state index is 6.38. The molecule has 4 heterocycles. The first-order valence-electron chi connectivity index (χ1n) is 15.4. The van der Waals surface area contributed by atoms with Crippen LogP contribution in [0.15, 0.2) is 152 Å². The lowest BCUT2D eigenvalue weighted by Gasteiger charge is -2.11. The Morgan fingerprint density at radius 3 is 1.72 bits per heavy atom. The highest BCUT2D eigenvalue weighted by molar-refractivity contribution is 7.26. The van der Waals surface area contributed by atoms with E-state index in [1.807, 2.05) is 18.3 Å². The predicted molar refractivity (Wildman–Crippen MR) is 192 cm³/mol. The Bertz CT molecular complexity index is 2730. The summed E-state index contributed by atoms with van der Waals surface area (Å²) in [7, 11) is 0. The van der Waals surface area contributed by atoms with Gasteiger partial charge in [0, 0.05) is 48.8 Å². The zero-order valence-electron chi connectivity index (χ0n) is 24.6. The van der Waals surface area contributed by atoms with Crippen molar-refractivity contribution in [1.29, 1.82) is 0 Å². The summed E-state index contributed by atoms with van der Waals surface area (Å²) in [6.07, 6.45) is 1.91. The summed E-state index contributed by atoms with van der Waals surface area (Å²) in [6, 6.07) is 51.5. The lowest BCUT2D eigenvalue weighted by molar-refractivity contribution is 0.469. The molecule has 10 aromatic rings. The molecule has 0 aliphatic carbocycles. The molecule has 0 fully saturated rings. The van der Waals surface area contributed by atoms with E-state index in [0.717, 1.165) is 32.9 Å². The molecule has 0 radical (unpaired) electrons. The highest BCUT2D eigenvalue weighted by Crippen LogP contribution is 2.41. The van der Waals surface area contributed by atoms with Crippen LogP contribution in [0.25, 0.3) is 75.2 Å². The van der Waals surface area contributed by atoms with Crippen LogP contribution in [0.1, 0.15) is 0 Å². The molecule has 6 aromatic carbocycles. The van der Waals surface area contributed by atoms with E-state index in [1.165, 1.54) is 48.1 Å². The molecule has 46 heavy (non-hydrogen) atoms. The number of hydrogen-bond acceptors (Lipinski definition) is 3. The van der Waals surface area contributed by atoms with Gasteiger partial charge >= 0.3 is 0 Å². The van der Waals surface area contributed by atoms with E-state index in [0.29, 0.717) is 5.88 Å². The van der Waals surface area contributed by atoms with Crippen LogP contribution >= 0.6 is 11.3 Å². The molecule has 216 valence electrons. The smallest absolute Gasteiger partial charge is 0.219 e. The van der Waals surface area contributed by atoms with Gasteiger partial charge in [-0.25, -0.2) is 4.98 Å². The minimum atomic E-state index is 0.572. The van der Waals surface area contributed by atoms with Crippen molar-refractivity contribution in [3.63, 3.8) is 0 Å². The summed E-state index contributed by atoms with van der Waals surface area (Å²) in [5.41, 5.74) is 6.82. The number of pyridine rings is 1. The molecule has 0 N–H and O–H groups in total. The van der Waals surface area contributed by atoms with Gasteiger partial charge < -0.3 is 13.9 Å². The fourth-order valence-corrected chi connectivity index (χ4v) is 8.21. The molecule has 0 aliphatic heterocycles. The normalized spacial score (nSPS) is 11.9. The van der Waals surface area contributed by atoms with Crippen molar-refractivity contribution >= 4 is 75.1 Å². The molecular formula is C41H25N3OS. The zero-order chi connectivity index (χ0) is 30.2. The molecule has 0 unspecified atom stereocenters. The van der Waals surface area contributed by atoms with Crippen molar-refractivity contribution in [2.24, 2.45) is 0 Å². The van der Waals surface area contributed by atoms with Gasteiger partial charge in [0.15, 0.2) is 0 Å². The van der Waals surface area contributed by atoms with Crippen LogP contribution in [0, 0.1) is 0 Å². The Hall–Kier alpha value is -5.91. The molecule has 4 aromatic heterocycles. The molecule has 0 saturated heterocycles. The molecule has 10 rings (SSSR count). The summed E-state index contributed by atoms with van der Waals surface area (Å²) in [5.74, 6) is 1.40. The molecule has 0 atom stereocenters. The Labute approximate surface area is 268 Å². The van der Waals surface area contributed by atoms with Gasteiger partial charge in [-0.2, -0.15) is 0 Å². The molecule has 5 heteroatoms. The lowest BCUT2D eigenvalue weighted by atomic mass is 10.1. The number of benzene rings is 6. The van der Waals surface area contributed by atoms with Crippen molar-refractivity contribution in [2.75, 3.05) is 0 Å². The van der Waals surface area contributed by atoms with Crippen LogP contribution in [0.5, 0.6) is 11.6 Å². The molecule has 0 saturated carbocycles. The van der Waals surface area contributed by atoms with Gasteiger partial charge in [-0.1, -0.05) is 84.9 Å². The van der Waals surface area contributed by atoms with Gasteiger partial charge in [0.1, 0.15) is 5.75 Å². The number of rotatable bonds is 4. The monoisotopic (exact) mass is 607 g/mol. The third-order valence-electron chi connectivity index (χ3n) is 9.06. The van der Waals surface area contributed by atoms with E-state index in [2.05, 4.69) is 143 Å². The number of para-hydroxylation sites is 3. The topological polar surface area (TPSA) is 32.0 Å². The number of fused-ring (bicyclic) bond motifs is 9. The van der Waals surface area contributed by atoms with Gasteiger partial charge in [-0.15, -0.1) is 11.3 Å². The highest BCUT2D eigenvalue weighted by atomic mass is 32.1. The summed E-state index contributed by atoms with van der Waals surface area (Å²) in [6.45, 7) is 0. The summed E-state index contributed by atoms with van der Waals surface area (Å²) >= 11 is 1.75. The first-order chi connectivity index (χ1) is 22.8. The van der Waals surface area contributed by atoms with E-state index in [9.17, 15) is 0 Å². The molecule has 0 amide bonds. The Morgan fingerprint density at radius 2 is 1.02 bits per heavy atom. The van der Waals surface area contributed by atoms with E-state index in [1.54, 1.807) is 11.3 Å². The molecule has 0 spiro atoms. The quantitative estimate of drug-likeness (QED) is 0.199. The number of ether oxygens (including phenoxy) is 1. The third-order valence-corrected chi connectivity index (χ3v) is 10.3. The maximum atomic E-state index is 6.38. The van der Waals surface area contributed by atoms with Crippen LogP contribution in [0.2, 0.25) is 0 Å². The lowest BCUT2D eigenvalue weighted by Crippen LogP contribution is -1.97. The molecule has 0 bridgehead atoms. The second kappa shape index (κ2) is 9.80. The van der Waals surface area contributed by atoms with E-state index < -0.39 is 0 Å². The second-order valence-electron chi connectivity index (χ2n) is 11.6. The average molecular weight is 608 g/mol. The van der Waals surface area contributed by atoms with Crippen LogP contribution < -0.4 is 4.74 Å². The van der Waals surface area contributed by atoms with Crippen molar-refractivity contribution in [3.8, 4) is 23.0 Å². The van der Waals surface area contributed by atoms with Gasteiger partial charge in [0.25, 0.3) is 0 Å². The van der Waals surface area contributed by atoms with Crippen molar-refractivity contribution in [3.05, 3.63) is 152 Å². The van der Waals surface area contributed by atoms with Crippen LogP contribution in [0.3, 0.4) is 0 Å². The second-order valence-corrected chi connectivity index (χ2v) is 12.7. The van der Waals surface area contributed by atoms with Crippen LogP contribution in [0.4, 0.5) is 0 Å². The van der Waals surface area contributed by atoms with Gasteiger partial charge in [0.05, 0.1) is 38.7 Å². The summed E-state index contributed by atoms with van der Waals surface area (Å²) < 4.78 is 13.4. The SMILES string of the molecule is c1ccc2c(c1)sc1c(Oc3ccc(-n4c5ccccc5c5cc(-n6c7ccccc7c7ccccc76)ccc54)cn3)cccc12. The third kappa shape index (κ3) is 3.69. The van der Waals surface area contributed by atoms with Crippen molar-refractivity contribution < 1.29 is 4.74 Å². The standard InChI is InChI=1S/C41H25N3OS/c1-5-15-34-28(10-1)29-11-2-6-16-35(29)43(34)26-20-22-37-33(24-26)30-12-3-7-17-36(30)44(37)27-21-23-40(42-25-27)45-38-18-9-14-32-31-13-4-8-19-39(31)46-41(32)38/h1-25H. The maximum Gasteiger partial charge on any atom is 0.219 e. The van der Waals surface area contributed by atoms with E-state index >= 15 is 0 Å². The minimum absolute atomic E-state index is 0.572. The number of thiophene rings is 1. The first-order valence-corrected chi connectivity index (χ1v) is 16.2. The number of hydrogen-bond donors (Lipinski definition) is 0. The van der Waals surface area contributed by atoms with Crippen molar-refractivity contribution in [2.45, 2.75) is 0 Å². The first kappa shape index (κ1) is 25.4. The minimum Gasteiger partial charge on any atom is -0.438 e. The summed E-state index contributed by atoms with van der Waals surface area (Å²) in [4.78, 5) is 4.79. The molecular weight excluding hydrogens is 583 g/mol. The van der Waals surface area contributed by atoms with Crippen molar-refractivity contribution in [1.82, 2.24) is 14.1 Å². The highest BCUT2D eigenvalue weighted by Gasteiger charge is 2.17. The Kier molecular flexibility index (Phi) is 5.41. The zero-order valence-corrected chi connectivity index (χ0v) is 25.4. The largest absolute Gasteiger partial charge is 0.438 e. The molecule has 4 nitrogen and oxygen atoms in total. The Morgan fingerprint density at radius 1 is 0.457 bits per heavy atom. The number of aromatic nitrogens is 3.